The van der Waals surface area contributed by atoms with Crippen molar-refractivity contribution in [2.45, 2.75) is 84.0 Å². The fraction of sp³-hybridized carbons (Fsp3) is 0.500. The highest BCUT2D eigenvalue weighted by molar-refractivity contribution is 5.95. The van der Waals surface area contributed by atoms with E-state index in [1.807, 2.05) is 23.1 Å². The maximum absolute atomic E-state index is 12.8. The van der Waals surface area contributed by atoms with E-state index in [-0.39, 0.29) is 29.1 Å². The van der Waals surface area contributed by atoms with Crippen molar-refractivity contribution in [3.63, 3.8) is 0 Å². The second-order valence-corrected chi connectivity index (χ2v) is 10.1. The van der Waals surface area contributed by atoms with Gasteiger partial charge in [0.15, 0.2) is 0 Å². The second-order valence-electron chi connectivity index (χ2n) is 10.1. The predicted molar refractivity (Wildman–Crippen MR) is 121 cm³/mol. The van der Waals surface area contributed by atoms with E-state index < -0.39 is 0 Å². The van der Waals surface area contributed by atoms with E-state index >= 15 is 0 Å². The lowest BCUT2D eigenvalue weighted by molar-refractivity contribution is -0.309. The largest absolute Gasteiger partial charge is 0.302 e. The Morgan fingerprint density at radius 3 is 2.23 bits per heavy atom. The van der Waals surface area contributed by atoms with Gasteiger partial charge in [0, 0.05) is 23.6 Å². The van der Waals surface area contributed by atoms with Crippen LogP contribution in [-0.2, 0) is 9.63 Å². The number of aryl methyl sites for hydroxylation is 1. The molecule has 30 heavy (non-hydrogen) atoms. The van der Waals surface area contributed by atoms with Gasteiger partial charge in [-0.25, -0.2) is 0 Å². The molecule has 1 saturated heterocycles. The number of hydrogen-bond donors (Lipinski definition) is 0. The van der Waals surface area contributed by atoms with Crippen LogP contribution in [0.2, 0.25) is 0 Å². The number of nitrogens with zero attached hydrogens (tertiary/aromatic N) is 2. The van der Waals surface area contributed by atoms with Gasteiger partial charge in [0.25, 0.3) is 0 Å². The molecule has 0 bridgehead atoms. The molecule has 2 aromatic rings. The zero-order chi connectivity index (χ0) is 21.7. The van der Waals surface area contributed by atoms with Crippen LogP contribution in [0.4, 0.5) is 5.69 Å². The Labute approximate surface area is 180 Å². The van der Waals surface area contributed by atoms with E-state index in [9.17, 15) is 4.79 Å². The van der Waals surface area contributed by atoms with Crippen LogP contribution in [-0.4, -0.2) is 22.0 Å². The number of fused-ring (bicyclic) bond motifs is 1. The van der Waals surface area contributed by atoms with E-state index in [1.54, 1.807) is 6.92 Å². The highest BCUT2D eigenvalue weighted by Gasteiger charge is 2.49. The van der Waals surface area contributed by atoms with Crippen molar-refractivity contribution in [2.24, 2.45) is 0 Å². The Bertz CT molecular complexity index is 919. The van der Waals surface area contributed by atoms with Crippen LogP contribution < -0.4 is 4.90 Å². The quantitative estimate of drug-likeness (QED) is 0.616. The molecule has 2 aliphatic rings. The van der Waals surface area contributed by atoms with Crippen LogP contribution in [0.5, 0.6) is 0 Å². The molecule has 160 valence electrons. The number of anilines is 1. The minimum atomic E-state index is -0.247. The topological polar surface area (TPSA) is 32.8 Å². The maximum atomic E-state index is 12.8. The van der Waals surface area contributed by atoms with Crippen LogP contribution in [0.25, 0.3) is 0 Å². The van der Waals surface area contributed by atoms with Gasteiger partial charge < -0.3 is 4.90 Å². The second kappa shape index (κ2) is 7.51. The standard InChI is InChI=1S/C26H34N2O2/c1-18-13-14-22-21(17-18)24(30-28-25(3,4)15-10-16-26(28,5)6)23(27(22)19(2)29)20-11-8-7-9-12-20/h7-9,11-14,17,23-24H,10,15-16H2,1-6H3/t23-,24+/m0/s1. The molecule has 0 unspecified atom stereocenters. The number of piperidine rings is 1. The molecule has 4 rings (SSSR count). The molecule has 0 N–H and O–H groups in total. The molecule has 4 heteroatoms. The molecule has 2 aliphatic heterocycles. The summed E-state index contributed by atoms with van der Waals surface area (Å²) in [6.07, 6.45) is 3.14. The summed E-state index contributed by atoms with van der Waals surface area (Å²) in [7, 11) is 0. The third kappa shape index (κ3) is 3.57. The fourth-order valence-electron chi connectivity index (χ4n) is 5.41. The lowest BCUT2D eigenvalue weighted by Crippen LogP contribution is -2.58. The molecule has 2 aromatic carbocycles. The first-order valence-corrected chi connectivity index (χ1v) is 11.0. The highest BCUT2D eigenvalue weighted by Crippen LogP contribution is 2.52. The number of hydroxylamine groups is 2. The van der Waals surface area contributed by atoms with Gasteiger partial charge >= 0.3 is 0 Å². The zero-order valence-electron chi connectivity index (χ0n) is 19.1. The van der Waals surface area contributed by atoms with Gasteiger partial charge in [0.2, 0.25) is 5.91 Å². The third-order valence-electron chi connectivity index (χ3n) is 6.69. The summed E-state index contributed by atoms with van der Waals surface area (Å²) >= 11 is 0. The molecule has 0 aliphatic carbocycles. The molecule has 0 radical (unpaired) electrons. The smallest absolute Gasteiger partial charge is 0.224 e. The first-order chi connectivity index (χ1) is 14.1. The molecular weight excluding hydrogens is 372 g/mol. The van der Waals surface area contributed by atoms with Gasteiger partial charge in [-0.15, -0.1) is 0 Å². The number of rotatable bonds is 3. The number of benzene rings is 2. The van der Waals surface area contributed by atoms with E-state index in [1.165, 1.54) is 12.0 Å². The first kappa shape index (κ1) is 21.1. The lowest BCUT2D eigenvalue weighted by atomic mass is 9.82. The summed E-state index contributed by atoms with van der Waals surface area (Å²) in [5, 5.41) is 2.22. The Balaban J connectivity index is 1.84. The van der Waals surface area contributed by atoms with Crippen molar-refractivity contribution in [3.05, 3.63) is 65.2 Å². The van der Waals surface area contributed by atoms with Gasteiger partial charge in [0.1, 0.15) is 6.10 Å². The Hall–Kier alpha value is -2.17. The highest BCUT2D eigenvalue weighted by atomic mass is 16.7. The minimum absolute atomic E-state index is 0.0391. The predicted octanol–water partition coefficient (Wildman–Crippen LogP) is 6.12. The van der Waals surface area contributed by atoms with Crippen LogP contribution in [0.15, 0.2) is 48.5 Å². The van der Waals surface area contributed by atoms with Gasteiger partial charge in [-0.1, -0.05) is 48.0 Å². The molecule has 2 heterocycles. The van der Waals surface area contributed by atoms with Crippen LogP contribution in [0.3, 0.4) is 0 Å². The average molecular weight is 407 g/mol. The molecule has 0 aromatic heterocycles. The average Bonchev–Trinajstić information content (AvgIpc) is 2.98. The van der Waals surface area contributed by atoms with E-state index in [4.69, 9.17) is 4.84 Å². The summed E-state index contributed by atoms with van der Waals surface area (Å²) < 4.78 is 0. The summed E-state index contributed by atoms with van der Waals surface area (Å²) in [6, 6.07) is 16.4. The first-order valence-electron chi connectivity index (χ1n) is 11.0. The summed E-state index contributed by atoms with van der Waals surface area (Å²) in [5.41, 5.74) is 4.18. The fourth-order valence-corrected chi connectivity index (χ4v) is 5.41. The molecule has 2 atom stereocenters. The molecule has 1 fully saturated rings. The third-order valence-corrected chi connectivity index (χ3v) is 6.69. The molecule has 4 nitrogen and oxygen atoms in total. The number of amides is 1. The Morgan fingerprint density at radius 1 is 1.00 bits per heavy atom. The van der Waals surface area contributed by atoms with Crippen molar-refractivity contribution in [1.82, 2.24) is 5.06 Å². The van der Waals surface area contributed by atoms with Crippen molar-refractivity contribution in [2.75, 3.05) is 4.90 Å². The molecule has 0 spiro atoms. The Morgan fingerprint density at radius 2 is 1.63 bits per heavy atom. The van der Waals surface area contributed by atoms with Crippen LogP contribution >= 0.6 is 0 Å². The SMILES string of the molecule is CC(=O)N1c2ccc(C)cc2[C@@H](ON2C(C)(C)CCCC2(C)C)[C@@H]1c1ccccc1. The van der Waals surface area contributed by atoms with Gasteiger partial charge in [-0.05, 0) is 65.5 Å². The number of carbonyl (C=O) groups is 1. The van der Waals surface area contributed by atoms with Crippen molar-refractivity contribution in [1.29, 1.82) is 0 Å². The lowest BCUT2D eigenvalue weighted by Gasteiger charge is -2.52. The maximum Gasteiger partial charge on any atom is 0.224 e. The van der Waals surface area contributed by atoms with Crippen LogP contribution in [0.1, 0.15) is 82.7 Å². The molecule has 0 saturated carbocycles. The van der Waals surface area contributed by atoms with Gasteiger partial charge in [0.05, 0.1) is 11.7 Å². The number of hydrogen-bond acceptors (Lipinski definition) is 3. The monoisotopic (exact) mass is 406 g/mol. The van der Waals surface area contributed by atoms with E-state index in [0.717, 1.165) is 29.7 Å². The van der Waals surface area contributed by atoms with E-state index in [2.05, 4.69) is 70.0 Å². The normalized spacial score (nSPS) is 25.2. The Kier molecular flexibility index (Phi) is 5.27. The summed E-state index contributed by atoms with van der Waals surface area (Å²) in [6.45, 7) is 12.8. The van der Waals surface area contributed by atoms with Gasteiger partial charge in [-0.3, -0.25) is 9.63 Å². The van der Waals surface area contributed by atoms with E-state index in [0.29, 0.717) is 0 Å². The number of carbonyl (C=O) groups excluding carboxylic acids is 1. The minimum Gasteiger partial charge on any atom is -0.302 e. The molecular formula is C26H34N2O2. The van der Waals surface area contributed by atoms with Crippen molar-refractivity contribution >= 4 is 11.6 Å². The summed E-state index contributed by atoms with van der Waals surface area (Å²) in [4.78, 5) is 21.7. The van der Waals surface area contributed by atoms with Crippen LogP contribution in [0, 0.1) is 6.92 Å². The van der Waals surface area contributed by atoms with Gasteiger partial charge in [-0.2, -0.15) is 5.06 Å². The van der Waals surface area contributed by atoms with Crippen molar-refractivity contribution < 1.29 is 9.63 Å². The molecule has 1 amide bonds. The van der Waals surface area contributed by atoms with Crippen molar-refractivity contribution in [3.8, 4) is 0 Å². The zero-order valence-corrected chi connectivity index (χ0v) is 19.1. The summed E-state index contributed by atoms with van der Waals surface area (Å²) in [5.74, 6) is 0.0391.